The number of primary amides is 1. The molecule has 0 saturated carbocycles. The molecule has 1 amide bonds. The van der Waals surface area contributed by atoms with Gasteiger partial charge in [-0.25, -0.2) is 22.0 Å². The molecule has 0 fully saturated rings. The number of amides is 1. The minimum Gasteiger partial charge on any atom is -0.456 e. The number of carbonyl (C=O) groups excluding carboxylic acids is 1. The molecule has 1 aliphatic carbocycles. The average Bonchev–Trinajstić information content (AvgIpc) is 3.21. The van der Waals surface area contributed by atoms with E-state index in [1.54, 1.807) is 30.3 Å². The fourth-order valence-corrected chi connectivity index (χ4v) is 7.15. The van der Waals surface area contributed by atoms with Crippen LogP contribution in [0.25, 0.3) is 16.5 Å². The van der Waals surface area contributed by atoms with Gasteiger partial charge in [-0.05, 0) is 24.3 Å². The molecule has 1 aliphatic rings. The molecule has 9 nitrogen and oxygen atoms in total. The van der Waals surface area contributed by atoms with Crippen molar-refractivity contribution in [3.8, 4) is 0 Å². The minimum atomic E-state index is -4.65. The number of hydrogen-bond acceptors (Lipinski definition) is 7. The van der Waals surface area contributed by atoms with Crippen molar-refractivity contribution >= 4 is 42.3 Å². The van der Waals surface area contributed by atoms with Gasteiger partial charge in [-0.1, -0.05) is 42.5 Å². The highest BCUT2D eigenvalue weighted by Crippen LogP contribution is 2.47. The lowest BCUT2D eigenvalue weighted by atomic mass is 9.92. The molecule has 0 aliphatic heterocycles. The van der Waals surface area contributed by atoms with Gasteiger partial charge >= 0.3 is 0 Å². The van der Waals surface area contributed by atoms with Gasteiger partial charge in [0.05, 0.1) is 4.90 Å². The van der Waals surface area contributed by atoms with Crippen molar-refractivity contribution < 1.29 is 30.8 Å². The summed E-state index contributed by atoms with van der Waals surface area (Å²) in [5, 5.41) is 6.00. The molecule has 1 unspecified atom stereocenters. The summed E-state index contributed by atoms with van der Waals surface area (Å²) in [6.45, 7) is 0. The molecule has 0 radical (unpaired) electrons. The topological polar surface area (TPSA) is 160 Å². The van der Waals surface area contributed by atoms with Crippen LogP contribution in [-0.4, -0.2) is 34.8 Å². The van der Waals surface area contributed by atoms with Gasteiger partial charge < -0.3 is 14.9 Å². The van der Waals surface area contributed by atoms with E-state index in [4.69, 9.17) is 20.0 Å². The van der Waals surface area contributed by atoms with Crippen molar-refractivity contribution in [3.63, 3.8) is 0 Å². The molecule has 11 heteroatoms. The second kappa shape index (κ2) is 7.96. The lowest BCUT2D eigenvalue weighted by molar-refractivity contribution is -0.115. The van der Waals surface area contributed by atoms with Gasteiger partial charge in [0.25, 0.3) is 0 Å². The zero-order valence-corrected chi connectivity index (χ0v) is 19.0. The fourth-order valence-electron chi connectivity index (χ4n) is 3.89. The summed E-state index contributed by atoms with van der Waals surface area (Å²) in [6, 6.07) is 13.6. The molecule has 0 spiro atoms. The third kappa shape index (κ3) is 3.68. The molecule has 1 aromatic heterocycles. The van der Waals surface area contributed by atoms with Crippen LogP contribution in [0.3, 0.4) is 0 Å². The number of methoxy groups -OCH3 is 1. The van der Waals surface area contributed by atoms with E-state index in [1.807, 2.05) is 0 Å². The molecule has 0 bridgehead atoms. The number of furan rings is 1. The van der Waals surface area contributed by atoms with Crippen molar-refractivity contribution in [2.45, 2.75) is 21.1 Å². The summed E-state index contributed by atoms with van der Waals surface area (Å²) in [6.07, 6.45) is 2.30. The van der Waals surface area contributed by atoms with Crippen molar-refractivity contribution in [2.24, 2.45) is 10.9 Å². The van der Waals surface area contributed by atoms with Crippen LogP contribution in [0.1, 0.15) is 12.2 Å². The Balaban J connectivity index is 2.03. The highest BCUT2D eigenvalue weighted by Gasteiger charge is 2.53. The normalized spacial score (nSPS) is 19.2. The lowest BCUT2D eigenvalue weighted by Gasteiger charge is -2.36. The number of primary sulfonamides is 1. The number of ether oxygens (including phenoxy) is 1. The SMILES string of the molecule is COC1(S(=O)(=O)c2ccccc2S(N)(=O)=O)CC(C(N)=O)=CC=C1c1cc2ccccc2o1. The van der Waals surface area contributed by atoms with Crippen LogP contribution < -0.4 is 10.9 Å². The fraction of sp³-hybridized carbons (Fsp3) is 0.136. The molecule has 1 atom stereocenters. The maximum Gasteiger partial charge on any atom is 0.244 e. The zero-order chi connectivity index (χ0) is 24.0. The van der Waals surface area contributed by atoms with Crippen LogP contribution in [0.15, 0.2) is 86.5 Å². The smallest absolute Gasteiger partial charge is 0.244 e. The maximum absolute atomic E-state index is 14.1. The Morgan fingerprint density at radius 3 is 2.24 bits per heavy atom. The number of rotatable bonds is 6. The van der Waals surface area contributed by atoms with E-state index in [9.17, 15) is 21.6 Å². The largest absolute Gasteiger partial charge is 0.456 e. The molecule has 4 rings (SSSR count). The third-order valence-corrected chi connectivity index (χ3v) is 8.93. The second-order valence-electron chi connectivity index (χ2n) is 7.41. The molecular formula is C22H20N2O7S2. The monoisotopic (exact) mass is 488 g/mol. The first-order chi connectivity index (χ1) is 15.5. The number of sulfonamides is 1. The number of carbonyl (C=O) groups is 1. The maximum atomic E-state index is 14.1. The quantitative estimate of drug-likeness (QED) is 0.537. The van der Waals surface area contributed by atoms with E-state index >= 15 is 0 Å². The van der Waals surface area contributed by atoms with E-state index in [1.165, 1.54) is 24.3 Å². The van der Waals surface area contributed by atoms with Gasteiger partial charge in [0.2, 0.25) is 30.7 Å². The van der Waals surface area contributed by atoms with Crippen molar-refractivity contribution in [2.75, 3.05) is 7.11 Å². The van der Waals surface area contributed by atoms with Gasteiger partial charge in [-0.3, -0.25) is 4.79 Å². The Morgan fingerprint density at radius 1 is 1.00 bits per heavy atom. The number of allylic oxidation sites excluding steroid dienone is 2. The van der Waals surface area contributed by atoms with Crippen molar-refractivity contribution in [1.82, 2.24) is 0 Å². The van der Waals surface area contributed by atoms with Crippen LogP contribution >= 0.6 is 0 Å². The van der Waals surface area contributed by atoms with E-state index in [2.05, 4.69) is 0 Å². The summed E-state index contributed by atoms with van der Waals surface area (Å²) in [7, 11) is -7.90. The van der Waals surface area contributed by atoms with Crippen LogP contribution in [0.5, 0.6) is 0 Å². The number of nitrogens with two attached hydrogens (primary N) is 2. The first-order valence-electron chi connectivity index (χ1n) is 9.63. The Kier molecular flexibility index (Phi) is 5.53. The molecule has 33 heavy (non-hydrogen) atoms. The van der Waals surface area contributed by atoms with E-state index in [0.717, 1.165) is 19.2 Å². The molecule has 1 heterocycles. The molecule has 4 N–H and O–H groups in total. The van der Waals surface area contributed by atoms with Crippen molar-refractivity contribution in [1.29, 1.82) is 0 Å². The van der Waals surface area contributed by atoms with Crippen LogP contribution in [0.2, 0.25) is 0 Å². The zero-order valence-electron chi connectivity index (χ0n) is 17.4. The van der Waals surface area contributed by atoms with Gasteiger partial charge in [0.15, 0.2) is 0 Å². The number of hydrogen-bond donors (Lipinski definition) is 2. The van der Waals surface area contributed by atoms with Gasteiger partial charge in [0, 0.05) is 30.1 Å². The highest BCUT2D eigenvalue weighted by atomic mass is 32.2. The van der Waals surface area contributed by atoms with E-state index < -0.39 is 46.9 Å². The standard InChI is InChI=1S/C22H20N2O7S2/c1-30-22(32(26,27)19-8-4-5-9-20(19)33(24,28)29)13-15(21(23)25)10-11-16(22)18-12-14-6-2-3-7-17(14)31-18/h2-12H,13H2,1H3,(H2,23,25)(H2,24,28,29). The Bertz CT molecular complexity index is 1520. The van der Waals surface area contributed by atoms with Crippen LogP contribution in [0, 0.1) is 0 Å². The van der Waals surface area contributed by atoms with Gasteiger partial charge in [0.1, 0.15) is 16.2 Å². The third-order valence-electron chi connectivity index (χ3n) is 5.50. The Morgan fingerprint density at radius 2 is 1.64 bits per heavy atom. The predicted molar refractivity (Wildman–Crippen MR) is 121 cm³/mol. The van der Waals surface area contributed by atoms with Crippen LogP contribution in [-0.2, 0) is 29.4 Å². The second-order valence-corrected chi connectivity index (χ2v) is 11.0. The molecular weight excluding hydrogens is 468 g/mol. The lowest BCUT2D eigenvalue weighted by Crippen LogP contribution is -2.45. The summed E-state index contributed by atoms with van der Waals surface area (Å²) in [4.78, 5) is 8.58. The molecule has 172 valence electrons. The number of fused-ring (bicyclic) bond motifs is 1. The van der Waals surface area contributed by atoms with Crippen molar-refractivity contribution in [3.05, 3.63) is 78.1 Å². The Hall–Kier alpha value is -3.25. The molecule has 0 saturated heterocycles. The number of para-hydroxylation sites is 1. The summed E-state index contributed by atoms with van der Waals surface area (Å²) in [5.41, 5.74) is 6.01. The summed E-state index contributed by atoms with van der Waals surface area (Å²) in [5.74, 6) is -0.666. The summed E-state index contributed by atoms with van der Waals surface area (Å²) < 4.78 is 64.0. The molecule has 2 aromatic carbocycles. The first-order valence-corrected chi connectivity index (χ1v) is 12.7. The van der Waals surface area contributed by atoms with E-state index in [-0.39, 0.29) is 16.9 Å². The average molecular weight is 489 g/mol. The number of benzene rings is 2. The molecule has 3 aromatic rings. The summed E-state index contributed by atoms with van der Waals surface area (Å²) >= 11 is 0. The Labute approximate surface area is 190 Å². The van der Waals surface area contributed by atoms with Crippen LogP contribution in [0.4, 0.5) is 0 Å². The minimum absolute atomic E-state index is 0.0200. The predicted octanol–water partition coefficient (Wildman–Crippen LogP) is 2.10. The first kappa shape index (κ1) is 22.9. The number of sulfone groups is 1. The highest BCUT2D eigenvalue weighted by molar-refractivity contribution is 7.94. The van der Waals surface area contributed by atoms with Gasteiger partial charge in [-0.2, -0.15) is 0 Å². The van der Waals surface area contributed by atoms with E-state index in [0.29, 0.717) is 11.0 Å². The van der Waals surface area contributed by atoms with Gasteiger partial charge in [-0.15, -0.1) is 0 Å².